The molecular weight excluding hydrogens is 210 g/mol. The third-order valence-corrected chi connectivity index (χ3v) is 2.20. The summed E-state index contributed by atoms with van der Waals surface area (Å²) in [4.78, 5) is 14.5. The number of carbonyl (C=O) groups is 1. The van der Waals surface area contributed by atoms with Crippen molar-refractivity contribution in [2.45, 2.75) is 20.1 Å². The summed E-state index contributed by atoms with van der Waals surface area (Å²) in [5, 5.41) is 21.6. The molecule has 1 aromatic heterocycles. The highest BCUT2D eigenvalue weighted by molar-refractivity contribution is 5.75. The molecule has 0 fully saturated rings. The SMILES string of the molecule is Cc1ncc(CO)c(CNCC(N)=O)c1O. The molecule has 6 nitrogen and oxygen atoms in total. The van der Waals surface area contributed by atoms with Gasteiger partial charge >= 0.3 is 0 Å². The highest BCUT2D eigenvalue weighted by atomic mass is 16.3. The number of aryl methyl sites for hydroxylation is 1. The van der Waals surface area contributed by atoms with Crippen LogP contribution >= 0.6 is 0 Å². The Hall–Kier alpha value is -1.66. The molecule has 0 aromatic carbocycles. The van der Waals surface area contributed by atoms with Gasteiger partial charge in [-0.15, -0.1) is 0 Å². The predicted molar refractivity (Wildman–Crippen MR) is 57.5 cm³/mol. The number of rotatable bonds is 5. The summed E-state index contributed by atoms with van der Waals surface area (Å²) >= 11 is 0. The number of primary amides is 1. The van der Waals surface area contributed by atoms with E-state index in [2.05, 4.69) is 10.3 Å². The average molecular weight is 225 g/mol. The van der Waals surface area contributed by atoms with Crippen molar-refractivity contribution in [3.05, 3.63) is 23.0 Å². The van der Waals surface area contributed by atoms with Gasteiger partial charge in [-0.05, 0) is 6.92 Å². The predicted octanol–water partition coefficient (Wildman–Crippen LogP) is -0.837. The van der Waals surface area contributed by atoms with Crippen LogP contribution < -0.4 is 11.1 Å². The van der Waals surface area contributed by atoms with E-state index in [1.807, 2.05) is 0 Å². The summed E-state index contributed by atoms with van der Waals surface area (Å²) in [7, 11) is 0. The summed E-state index contributed by atoms with van der Waals surface area (Å²) in [5.74, 6) is -0.445. The normalized spacial score (nSPS) is 10.4. The number of aromatic hydroxyl groups is 1. The minimum atomic E-state index is -0.476. The van der Waals surface area contributed by atoms with Gasteiger partial charge in [0.15, 0.2) is 0 Å². The van der Waals surface area contributed by atoms with Crippen molar-refractivity contribution in [1.29, 1.82) is 0 Å². The molecule has 6 heteroatoms. The maximum absolute atomic E-state index is 10.5. The van der Waals surface area contributed by atoms with Gasteiger partial charge in [0.2, 0.25) is 5.91 Å². The van der Waals surface area contributed by atoms with Gasteiger partial charge < -0.3 is 21.3 Å². The van der Waals surface area contributed by atoms with Gasteiger partial charge in [-0.25, -0.2) is 0 Å². The average Bonchev–Trinajstić information content (AvgIpc) is 2.24. The number of hydrogen-bond acceptors (Lipinski definition) is 5. The maximum atomic E-state index is 10.5. The van der Waals surface area contributed by atoms with Gasteiger partial charge in [0, 0.05) is 23.9 Å². The summed E-state index contributed by atoms with van der Waals surface area (Å²) in [5.41, 5.74) is 6.52. The molecule has 0 saturated heterocycles. The van der Waals surface area contributed by atoms with Crippen molar-refractivity contribution in [1.82, 2.24) is 10.3 Å². The second kappa shape index (κ2) is 5.43. The largest absolute Gasteiger partial charge is 0.506 e. The lowest BCUT2D eigenvalue weighted by atomic mass is 10.1. The topological polar surface area (TPSA) is 108 Å². The van der Waals surface area contributed by atoms with Crippen LogP contribution in [0.5, 0.6) is 5.75 Å². The van der Waals surface area contributed by atoms with Crippen molar-refractivity contribution in [3.8, 4) is 5.75 Å². The minimum absolute atomic E-state index is 0.0195. The first-order valence-electron chi connectivity index (χ1n) is 4.82. The molecule has 5 N–H and O–H groups in total. The quantitative estimate of drug-likeness (QED) is 0.522. The molecule has 88 valence electrons. The molecule has 0 unspecified atom stereocenters. The van der Waals surface area contributed by atoms with E-state index >= 15 is 0 Å². The summed E-state index contributed by atoms with van der Waals surface area (Å²) in [6.45, 7) is 1.72. The molecule has 0 aliphatic carbocycles. The number of carbonyl (C=O) groups excluding carboxylic acids is 1. The number of aliphatic hydroxyl groups is 1. The fourth-order valence-corrected chi connectivity index (χ4v) is 1.33. The zero-order valence-electron chi connectivity index (χ0n) is 9.03. The lowest BCUT2D eigenvalue weighted by Crippen LogP contribution is -2.28. The standard InChI is InChI=1S/C10H15N3O3/c1-6-10(16)8(3-12-4-9(11)15)7(5-14)2-13-6/h2,12,14,16H,3-5H2,1H3,(H2,11,15). The summed E-state index contributed by atoms with van der Waals surface area (Å²) < 4.78 is 0. The fourth-order valence-electron chi connectivity index (χ4n) is 1.33. The smallest absolute Gasteiger partial charge is 0.231 e. The Morgan fingerprint density at radius 2 is 2.31 bits per heavy atom. The minimum Gasteiger partial charge on any atom is -0.506 e. The molecule has 1 aromatic rings. The Morgan fingerprint density at radius 3 is 2.88 bits per heavy atom. The number of nitrogens with two attached hydrogens (primary N) is 1. The first kappa shape index (κ1) is 12.4. The molecule has 0 aliphatic rings. The van der Waals surface area contributed by atoms with Gasteiger partial charge in [0.05, 0.1) is 18.8 Å². The molecule has 1 heterocycles. The van der Waals surface area contributed by atoms with Crippen LogP contribution in [0.2, 0.25) is 0 Å². The molecule has 0 radical (unpaired) electrons. The van der Waals surface area contributed by atoms with Gasteiger partial charge in [0.1, 0.15) is 5.75 Å². The van der Waals surface area contributed by atoms with Crippen LogP contribution in [-0.2, 0) is 17.9 Å². The van der Waals surface area contributed by atoms with E-state index in [0.717, 1.165) is 0 Å². The Morgan fingerprint density at radius 1 is 1.62 bits per heavy atom. The number of nitrogens with one attached hydrogen (secondary N) is 1. The molecule has 1 amide bonds. The van der Waals surface area contributed by atoms with E-state index in [4.69, 9.17) is 10.8 Å². The van der Waals surface area contributed by atoms with E-state index in [-0.39, 0.29) is 25.4 Å². The van der Waals surface area contributed by atoms with Crippen molar-refractivity contribution in [3.63, 3.8) is 0 Å². The third kappa shape index (κ3) is 2.91. The zero-order chi connectivity index (χ0) is 12.1. The molecule has 0 atom stereocenters. The van der Waals surface area contributed by atoms with Gasteiger partial charge in [-0.3, -0.25) is 9.78 Å². The Bertz CT molecular complexity index is 393. The van der Waals surface area contributed by atoms with E-state index in [1.54, 1.807) is 6.92 Å². The van der Waals surface area contributed by atoms with E-state index in [9.17, 15) is 9.90 Å². The number of aliphatic hydroxyl groups excluding tert-OH is 1. The van der Waals surface area contributed by atoms with Crippen molar-refractivity contribution in [2.24, 2.45) is 5.73 Å². The molecule has 0 spiro atoms. The van der Waals surface area contributed by atoms with Crippen LogP contribution in [0.4, 0.5) is 0 Å². The van der Waals surface area contributed by atoms with Crippen LogP contribution in [-0.4, -0.2) is 27.6 Å². The first-order valence-corrected chi connectivity index (χ1v) is 4.82. The molecule has 0 bridgehead atoms. The van der Waals surface area contributed by atoms with Gasteiger partial charge in [0.25, 0.3) is 0 Å². The lowest BCUT2D eigenvalue weighted by molar-refractivity contribution is -0.117. The number of pyridine rings is 1. The van der Waals surface area contributed by atoms with Crippen LogP contribution in [0.25, 0.3) is 0 Å². The molecule has 0 aliphatic heterocycles. The van der Waals surface area contributed by atoms with Crippen molar-refractivity contribution >= 4 is 5.91 Å². The lowest BCUT2D eigenvalue weighted by Gasteiger charge is -2.11. The fraction of sp³-hybridized carbons (Fsp3) is 0.400. The summed E-state index contributed by atoms with van der Waals surface area (Å²) in [6.07, 6.45) is 1.50. The van der Waals surface area contributed by atoms with Crippen molar-refractivity contribution < 1.29 is 15.0 Å². The number of nitrogens with zero attached hydrogens (tertiary/aromatic N) is 1. The van der Waals surface area contributed by atoms with Gasteiger partial charge in [-0.1, -0.05) is 0 Å². The van der Waals surface area contributed by atoms with E-state index in [0.29, 0.717) is 16.8 Å². The Labute approximate surface area is 93.1 Å². The molecule has 1 rings (SSSR count). The molecular formula is C10H15N3O3. The number of hydrogen-bond donors (Lipinski definition) is 4. The van der Waals surface area contributed by atoms with Crippen LogP contribution in [0.15, 0.2) is 6.20 Å². The molecule has 16 heavy (non-hydrogen) atoms. The third-order valence-electron chi connectivity index (χ3n) is 2.20. The number of aromatic nitrogens is 1. The zero-order valence-corrected chi connectivity index (χ0v) is 9.03. The van der Waals surface area contributed by atoms with Crippen molar-refractivity contribution in [2.75, 3.05) is 6.54 Å². The molecule has 0 saturated carbocycles. The monoisotopic (exact) mass is 225 g/mol. The van der Waals surface area contributed by atoms with Gasteiger partial charge in [-0.2, -0.15) is 0 Å². The highest BCUT2D eigenvalue weighted by Crippen LogP contribution is 2.23. The highest BCUT2D eigenvalue weighted by Gasteiger charge is 2.10. The summed E-state index contributed by atoms with van der Waals surface area (Å²) in [6, 6.07) is 0. The Kier molecular flexibility index (Phi) is 4.21. The van der Waals surface area contributed by atoms with E-state index < -0.39 is 5.91 Å². The second-order valence-electron chi connectivity index (χ2n) is 3.42. The Balaban J connectivity index is 2.83. The van der Waals surface area contributed by atoms with E-state index in [1.165, 1.54) is 6.20 Å². The van der Waals surface area contributed by atoms with Crippen LogP contribution in [0, 0.1) is 6.92 Å². The maximum Gasteiger partial charge on any atom is 0.231 e. The van der Waals surface area contributed by atoms with Crippen LogP contribution in [0.1, 0.15) is 16.8 Å². The second-order valence-corrected chi connectivity index (χ2v) is 3.42. The van der Waals surface area contributed by atoms with Crippen LogP contribution in [0.3, 0.4) is 0 Å². The number of amides is 1. The first-order chi connectivity index (χ1) is 7.56.